The number of thioether (sulfide) groups is 1. The molecule has 1 unspecified atom stereocenters. The minimum absolute atomic E-state index is 0.0647. The highest BCUT2D eigenvalue weighted by Crippen LogP contribution is 2.20. The van der Waals surface area contributed by atoms with Crippen molar-refractivity contribution in [3.63, 3.8) is 0 Å². The number of halogens is 1. The number of unbranched alkanes of at least 4 members (excludes halogenated alkanes) is 1. The van der Waals surface area contributed by atoms with Crippen molar-refractivity contribution in [3.05, 3.63) is 70.2 Å². The number of nitrogens with zero attached hydrogens (tertiary/aromatic N) is 1. The van der Waals surface area contributed by atoms with Crippen molar-refractivity contribution >= 4 is 35.2 Å². The van der Waals surface area contributed by atoms with Crippen LogP contribution in [0.4, 0.5) is 0 Å². The van der Waals surface area contributed by atoms with Gasteiger partial charge in [0.1, 0.15) is 6.04 Å². The summed E-state index contributed by atoms with van der Waals surface area (Å²) in [4.78, 5) is 27.3. The molecule has 0 aliphatic rings. The molecule has 30 heavy (non-hydrogen) atoms. The second-order valence-corrected chi connectivity index (χ2v) is 8.80. The Labute approximate surface area is 189 Å². The Balaban J connectivity index is 2.04. The summed E-state index contributed by atoms with van der Waals surface area (Å²) in [6.07, 6.45) is 1.93. The Morgan fingerprint density at radius 1 is 1.13 bits per heavy atom. The number of carbonyl (C=O) groups excluding carboxylic acids is 2. The summed E-state index contributed by atoms with van der Waals surface area (Å²) in [5, 5.41) is 3.53. The number of aryl methyl sites for hydroxylation is 1. The van der Waals surface area contributed by atoms with Crippen molar-refractivity contribution in [1.82, 2.24) is 10.2 Å². The summed E-state index contributed by atoms with van der Waals surface area (Å²) in [7, 11) is 0. The fourth-order valence-corrected chi connectivity index (χ4v) is 4.02. The van der Waals surface area contributed by atoms with Gasteiger partial charge in [0, 0.05) is 23.9 Å². The molecule has 6 heteroatoms. The third-order valence-corrected chi connectivity index (χ3v) is 6.27. The second-order valence-electron chi connectivity index (χ2n) is 7.41. The average molecular weight is 447 g/mol. The molecule has 0 spiro atoms. The van der Waals surface area contributed by atoms with Crippen LogP contribution in [-0.2, 0) is 21.9 Å². The van der Waals surface area contributed by atoms with Crippen LogP contribution in [-0.4, -0.2) is 35.1 Å². The number of rotatable bonds is 11. The van der Waals surface area contributed by atoms with Crippen LogP contribution in [0.15, 0.2) is 48.5 Å². The Hall–Kier alpha value is -1.98. The molecule has 2 aromatic rings. The first kappa shape index (κ1) is 24.3. The highest BCUT2D eigenvalue weighted by atomic mass is 35.5. The van der Waals surface area contributed by atoms with Crippen molar-refractivity contribution in [2.75, 3.05) is 12.3 Å². The minimum atomic E-state index is -0.564. The first-order valence-corrected chi connectivity index (χ1v) is 11.9. The SMILES string of the molecule is CCCCNC(=O)C(C)N(Cc1ccccc1Cl)C(=O)CSCc1ccc(C)cc1. The molecule has 1 atom stereocenters. The van der Waals surface area contributed by atoms with Crippen LogP contribution < -0.4 is 5.32 Å². The zero-order valence-electron chi connectivity index (χ0n) is 18.0. The molecule has 0 aromatic heterocycles. The Morgan fingerprint density at radius 3 is 2.50 bits per heavy atom. The van der Waals surface area contributed by atoms with Crippen molar-refractivity contribution < 1.29 is 9.59 Å². The highest BCUT2D eigenvalue weighted by molar-refractivity contribution is 7.99. The van der Waals surface area contributed by atoms with Crippen LogP contribution in [0.1, 0.15) is 43.4 Å². The van der Waals surface area contributed by atoms with E-state index in [4.69, 9.17) is 11.6 Å². The molecule has 0 radical (unpaired) electrons. The van der Waals surface area contributed by atoms with Crippen LogP contribution in [0.25, 0.3) is 0 Å². The topological polar surface area (TPSA) is 49.4 Å². The van der Waals surface area contributed by atoms with Gasteiger partial charge in [-0.05, 0) is 37.5 Å². The molecule has 0 aliphatic heterocycles. The number of benzene rings is 2. The third-order valence-electron chi connectivity index (χ3n) is 4.91. The molecule has 0 heterocycles. The van der Waals surface area contributed by atoms with E-state index in [9.17, 15) is 9.59 Å². The molecule has 0 bridgehead atoms. The van der Waals surface area contributed by atoms with E-state index in [1.54, 1.807) is 29.7 Å². The van der Waals surface area contributed by atoms with Gasteiger partial charge in [0.2, 0.25) is 11.8 Å². The molecule has 2 aromatic carbocycles. The monoisotopic (exact) mass is 446 g/mol. The molecular weight excluding hydrogens is 416 g/mol. The van der Waals surface area contributed by atoms with E-state index in [1.165, 1.54) is 11.1 Å². The van der Waals surface area contributed by atoms with Gasteiger partial charge in [0.15, 0.2) is 0 Å². The van der Waals surface area contributed by atoms with E-state index in [-0.39, 0.29) is 11.8 Å². The number of amides is 2. The van der Waals surface area contributed by atoms with Gasteiger partial charge >= 0.3 is 0 Å². The lowest BCUT2D eigenvalue weighted by Gasteiger charge is -2.29. The number of nitrogens with one attached hydrogen (secondary N) is 1. The molecule has 0 saturated carbocycles. The van der Waals surface area contributed by atoms with Crippen molar-refractivity contribution in [2.24, 2.45) is 0 Å². The van der Waals surface area contributed by atoms with Gasteiger partial charge < -0.3 is 10.2 Å². The first-order chi connectivity index (χ1) is 14.4. The summed E-state index contributed by atoms with van der Waals surface area (Å²) in [5.74, 6) is 0.867. The summed E-state index contributed by atoms with van der Waals surface area (Å²) >= 11 is 7.87. The summed E-state index contributed by atoms with van der Waals surface area (Å²) in [6, 6.07) is 15.2. The molecule has 0 aliphatic carbocycles. The minimum Gasteiger partial charge on any atom is -0.354 e. The van der Waals surface area contributed by atoms with Gasteiger partial charge in [0.25, 0.3) is 0 Å². The molecular formula is C24H31ClN2O2S. The van der Waals surface area contributed by atoms with Crippen molar-refractivity contribution in [1.29, 1.82) is 0 Å². The maximum absolute atomic E-state index is 13.1. The maximum Gasteiger partial charge on any atom is 0.242 e. The lowest BCUT2D eigenvalue weighted by molar-refractivity contribution is -0.138. The van der Waals surface area contributed by atoms with E-state index in [0.717, 1.165) is 24.2 Å². The molecule has 2 amide bonds. The number of carbonyl (C=O) groups is 2. The Kier molecular flexibility index (Phi) is 10.2. The predicted octanol–water partition coefficient (Wildman–Crippen LogP) is 5.22. The quantitative estimate of drug-likeness (QED) is 0.481. The lowest BCUT2D eigenvalue weighted by atomic mass is 10.1. The fourth-order valence-electron chi connectivity index (χ4n) is 2.95. The summed E-state index contributed by atoms with van der Waals surface area (Å²) in [5.41, 5.74) is 3.24. The van der Waals surface area contributed by atoms with E-state index in [0.29, 0.717) is 23.9 Å². The largest absolute Gasteiger partial charge is 0.354 e. The van der Waals surface area contributed by atoms with Crippen LogP contribution in [0.5, 0.6) is 0 Å². The zero-order valence-corrected chi connectivity index (χ0v) is 19.6. The molecule has 2 rings (SSSR count). The molecule has 4 nitrogen and oxygen atoms in total. The van der Waals surface area contributed by atoms with Crippen LogP contribution in [0, 0.1) is 6.92 Å². The second kappa shape index (κ2) is 12.7. The normalized spacial score (nSPS) is 11.7. The molecule has 162 valence electrons. The van der Waals surface area contributed by atoms with Crippen molar-refractivity contribution in [2.45, 2.75) is 52.0 Å². The van der Waals surface area contributed by atoms with Crippen LogP contribution >= 0.6 is 23.4 Å². The maximum atomic E-state index is 13.1. The third kappa shape index (κ3) is 7.69. The predicted molar refractivity (Wildman–Crippen MR) is 127 cm³/mol. The highest BCUT2D eigenvalue weighted by Gasteiger charge is 2.26. The molecule has 0 fully saturated rings. The zero-order chi connectivity index (χ0) is 21.9. The summed E-state index contributed by atoms with van der Waals surface area (Å²) in [6.45, 7) is 6.84. The smallest absolute Gasteiger partial charge is 0.242 e. The standard InChI is InChI=1S/C24H31ClN2O2S/c1-4-5-14-26-24(29)19(3)27(15-21-8-6-7-9-22(21)25)23(28)17-30-16-20-12-10-18(2)11-13-20/h6-13,19H,4-5,14-17H2,1-3H3,(H,26,29). The first-order valence-electron chi connectivity index (χ1n) is 10.4. The van der Waals surface area contributed by atoms with Gasteiger partial charge in [-0.1, -0.05) is 73.0 Å². The number of hydrogen-bond acceptors (Lipinski definition) is 3. The average Bonchev–Trinajstić information content (AvgIpc) is 2.74. The fraction of sp³-hybridized carbons (Fsp3) is 0.417. The van der Waals surface area contributed by atoms with Gasteiger partial charge in [-0.2, -0.15) is 0 Å². The van der Waals surface area contributed by atoms with E-state index in [2.05, 4.69) is 43.4 Å². The lowest BCUT2D eigenvalue weighted by Crippen LogP contribution is -2.48. The van der Waals surface area contributed by atoms with E-state index < -0.39 is 6.04 Å². The van der Waals surface area contributed by atoms with Crippen LogP contribution in [0.2, 0.25) is 5.02 Å². The van der Waals surface area contributed by atoms with Gasteiger partial charge in [-0.3, -0.25) is 9.59 Å². The van der Waals surface area contributed by atoms with Gasteiger partial charge in [0.05, 0.1) is 5.75 Å². The van der Waals surface area contributed by atoms with Crippen LogP contribution in [0.3, 0.4) is 0 Å². The van der Waals surface area contributed by atoms with E-state index in [1.807, 2.05) is 18.2 Å². The van der Waals surface area contributed by atoms with Gasteiger partial charge in [-0.15, -0.1) is 11.8 Å². The van der Waals surface area contributed by atoms with Gasteiger partial charge in [-0.25, -0.2) is 0 Å². The van der Waals surface area contributed by atoms with Crippen molar-refractivity contribution in [3.8, 4) is 0 Å². The Bertz CT molecular complexity index is 826. The summed E-state index contributed by atoms with van der Waals surface area (Å²) < 4.78 is 0. The molecule has 0 saturated heterocycles. The molecule has 1 N–H and O–H groups in total. The Morgan fingerprint density at radius 2 is 1.83 bits per heavy atom. The van der Waals surface area contributed by atoms with E-state index >= 15 is 0 Å². The number of hydrogen-bond donors (Lipinski definition) is 1.